The van der Waals surface area contributed by atoms with Crippen molar-refractivity contribution in [1.82, 2.24) is 10.2 Å². The number of amides is 1. The van der Waals surface area contributed by atoms with Crippen LogP contribution in [0, 0.1) is 11.7 Å². The number of hydrogen-bond donors (Lipinski definition) is 1. The van der Waals surface area contributed by atoms with Crippen molar-refractivity contribution in [3.8, 4) is 0 Å². The van der Waals surface area contributed by atoms with E-state index in [9.17, 15) is 9.18 Å². The molecule has 0 radical (unpaired) electrons. The maximum Gasteiger partial charge on any atom is 0.223 e. The van der Waals surface area contributed by atoms with Gasteiger partial charge in [0.2, 0.25) is 5.91 Å². The van der Waals surface area contributed by atoms with E-state index in [0.29, 0.717) is 6.04 Å². The van der Waals surface area contributed by atoms with E-state index in [2.05, 4.69) is 17.1 Å². The predicted octanol–water partition coefficient (Wildman–Crippen LogP) is 3.53. The van der Waals surface area contributed by atoms with Crippen LogP contribution in [0.3, 0.4) is 0 Å². The molecule has 3 rings (SSSR count). The van der Waals surface area contributed by atoms with Gasteiger partial charge in [-0.05, 0) is 50.3 Å². The Labute approximate surface area is 135 Å². The fraction of sp³-hybridized carbons (Fsp3) is 0.588. The minimum Gasteiger partial charge on any atom is -0.353 e. The standard InChI is InChI=1S/C17H22ClFN2O/c1-11(13-4-5-16(19)15(18)10-13)21-8-6-14(7-9-21)20-17(22)12-2-3-12/h4-5,10-12,14H,2-3,6-9H2,1H3,(H,20,22). The van der Waals surface area contributed by atoms with Crippen molar-refractivity contribution in [2.75, 3.05) is 13.1 Å². The van der Waals surface area contributed by atoms with Crippen LogP contribution in [0.4, 0.5) is 4.39 Å². The molecule has 1 aliphatic carbocycles. The molecule has 1 N–H and O–H groups in total. The third-order valence-corrected chi connectivity index (χ3v) is 5.09. The van der Waals surface area contributed by atoms with Gasteiger partial charge in [0.25, 0.3) is 0 Å². The number of benzene rings is 1. The molecule has 1 aliphatic heterocycles. The van der Waals surface area contributed by atoms with Crippen LogP contribution in [0.2, 0.25) is 5.02 Å². The van der Waals surface area contributed by atoms with Gasteiger partial charge in [0.1, 0.15) is 5.82 Å². The number of rotatable bonds is 4. The summed E-state index contributed by atoms with van der Waals surface area (Å²) in [4.78, 5) is 14.2. The van der Waals surface area contributed by atoms with Gasteiger partial charge in [-0.1, -0.05) is 17.7 Å². The van der Waals surface area contributed by atoms with E-state index in [1.165, 1.54) is 6.07 Å². The summed E-state index contributed by atoms with van der Waals surface area (Å²) in [5, 5.41) is 3.34. The largest absolute Gasteiger partial charge is 0.353 e. The normalized spacial score (nSPS) is 21.6. The van der Waals surface area contributed by atoms with Gasteiger partial charge in [-0.25, -0.2) is 4.39 Å². The smallest absolute Gasteiger partial charge is 0.223 e. The zero-order chi connectivity index (χ0) is 15.7. The summed E-state index contributed by atoms with van der Waals surface area (Å²) in [6.07, 6.45) is 4.04. The lowest BCUT2D eigenvalue weighted by Gasteiger charge is -2.36. The maximum atomic E-state index is 13.3. The first kappa shape index (κ1) is 15.8. The summed E-state index contributed by atoms with van der Waals surface area (Å²) in [5.74, 6) is 0.134. The summed E-state index contributed by atoms with van der Waals surface area (Å²) in [5.41, 5.74) is 1.03. The quantitative estimate of drug-likeness (QED) is 0.919. The Kier molecular flexibility index (Phi) is 4.69. The number of likely N-dealkylation sites (tertiary alicyclic amines) is 1. The van der Waals surface area contributed by atoms with E-state index >= 15 is 0 Å². The van der Waals surface area contributed by atoms with Crippen molar-refractivity contribution < 1.29 is 9.18 Å². The Morgan fingerprint density at radius 3 is 2.59 bits per heavy atom. The Morgan fingerprint density at radius 2 is 2.00 bits per heavy atom. The molecule has 1 amide bonds. The molecule has 2 aliphatic rings. The molecule has 2 fully saturated rings. The van der Waals surface area contributed by atoms with Crippen molar-refractivity contribution >= 4 is 17.5 Å². The van der Waals surface area contributed by atoms with Crippen molar-refractivity contribution in [3.63, 3.8) is 0 Å². The Balaban J connectivity index is 1.53. The topological polar surface area (TPSA) is 32.3 Å². The van der Waals surface area contributed by atoms with Crippen LogP contribution in [0.5, 0.6) is 0 Å². The van der Waals surface area contributed by atoms with E-state index in [-0.39, 0.29) is 28.7 Å². The lowest BCUT2D eigenvalue weighted by molar-refractivity contribution is -0.123. The van der Waals surface area contributed by atoms with Crippen LogP contribution in [0.25, 0.3) is 0 Å². The van der Waals surface area contributed by atoms with E-state index in [1.54, 1.807) is 12.1 Å². The molecule has 1 aromatic carbocycles. The molecule has 1 atom stereocenters. The highest BCUT2D eigenvalue weighted by atomic mass is 35.5. The molecule has 0 aromatic heterocycles. The van der Waals surface area contributed by atoms with Crippen molar-refractivity contribution in [2.24, 2.45) is 5.92 Å². The highest BCUT2D eigenvalue weighted by molar-refractivity contribution is 6.30. The molecule has 0 bridgehead atoms. The van der Waals surface area contributed by atoms with Crippen LogP contribution in [-0.2, 0) is 4.79 Å². The zero-order valence-corrected chi connectivity index (χ0v) is 13.6. The lowest BCUT2D eigenvalue weighted by Crippen LogP contribution is -2.45. The van der Waals surface area contributed by atoms with E-state index in [1.807, 2.05) is 0 Å². The molecule has 22 heavy (non-hydrogen) atoms. The molecule has 120 valence electrons. The Morgan fingerprint density at radius 1 is 1.32 bits per heavy atom. The van der Waals surface area contributed by atoms with Crippen molar-refractivity contribution in [1.29, 1.82) is 0 Å². The third-order valence-electron chi connectivity index (χ3n) is 4.80. The van der Waals surface area contributed by atoms with Gasteiger partial charge < -0.3 is 5.32 Å². The van der Waals surface area contributed by atoms with Gasteiger partial charge in [-0.15, -0.1) is 0 Å². The average molecular weight is 325 g/mol. The number of nitrogens with zero attached hydrogens (tertiary/aromatic N) is 1. The highest BCUT2D eigenvalue weighted by Crippen LogP contribution is 2.30. The zero-order valence-electron chi connectivity index (χ0n) is 12.8. The first-order chi connectivity index (χ1) is 10.5. The molecule has 5 heteroatoms. The molecular formula is C17H22ClFN2O. The van der Waals surface area contributed by atoms with Gasteiger partial charge in [-0.3, -0.25) is 9.69 Å². The molecule has 3 nitrogen and oxygen atoms in total. The SMILES string of the molecule is CC(c1ccc(F)c(Cl)c1)N1CCC(NC(=O)C2CC2)CC1. The first-order valence-corrected chi connectivity index (χ1v) is 8.42. The molecule has 1 unspecified atom stereocenters. The van der Waals surface area contributed by atoms with Gasteiger partial charge in [0.15, 0.2) is 0 Å². The molecule has 0 spiro atoms. The second-order valence-electron chi connectivity index (χ2n) is 6.44. The Hall–Kier alpha value is -1.13. The second kappa shape index (κ2) is 6.55. The summed E-state index contributed by atoms with van der Waals surface area (Å²) in [7, 11) is 0. The molecule has 1 heterocycles. The van der Waals surface area contributed by atoms with E-state index in [4.69, 9.17) is 11.6 Å². The average Bonchev–Trinajstić information content (AvgIpc) is 3.35. The summed E-state index contributed by atoms with van der Waals surface area (Å²) < 4.78 is 13.3. The maximum absolute atomic E-state index is 13.3. The fourth-order valence-electron chi connectivity index (χ4n) is 3.08. The van der Waals surface area contributed by atoms with Crippen LogP contribution in [0.15, 0.2) is 18.2 Å². The number of nitrogens with one attached hydrogen (secondary N) is 1. The van der Waals surface area contributed by atoms with Gasteiger partial charge in [0.05, 0.1) is 5.02 Å². The number of carbonyl (C=O) groups is 1. The molecule has 1 saturated carbocycles. The predicted molar refractivity (Wildman–Crippen MR) is 85.3 cm³/mol. The van der Waals surface area contributed by atoms with Crippen molar-refractivity contribution in [3.05, 3.63) is 34.6 Å². The van der Waals surface area contributed by atoms with Gasteiger partial charge in [0, 0.05) is 31.1 Å². The van der Waals surface area contributed by atoms with Crippen LogP contribution in [-0.4, -0.2) is 29.9 Å². The number of halogens is 2. The molecule has 1 saturated heterocycles. The Bertz CT molecular complexity index is 554. The first-order valence-electron chi connectivity index (χ1n) is 8.04. The monoisotopic (exact) mass is 324 g/mol. The van der Waals surface area contributed by atoms with Crippen molar-refractivity contribution in [2.45, 2.75) is 44.7 Å². The third kappa shape index (κ3) is 3.61. The minimum atomic E-state index is -0.376. The second-order valence-corrected chi connectivity index (χ2v) is 6.85. The number of hydrogen-bond acceptors (Lipinski definition) is 2. The highest BCUT2D eigenvalue weighted by Gasteiger charge is 2.32. The molecule has 1 aromatic rings. The van der Waals surface area contributed by atoms with Crippen LogP contribution >= 0.6 is 11.6 Å². The number of carbonyl (C=O) groups excluding carboxylic acids is 1. The summed E-state index contributed by atoms with van der Waals surface area (Å²) in [6, 6.07) is 5.44. The number of piperidine rings is 1. The van der Waals surface area contributed by atoms with E-state index in [0.717, 1.165) is 44.3 Å². The van der Waals surface area contributed by atoms with Crippen LogP contribution < -0.4 is 5.32 Å². The summed E-state index contributed by atoms with van der Waals surface area (Å²) >= 11 is 5.87. The summed E-state index contributed by atoms with van der Waals surface area (Å²) in [6.45, 7) is 3.99. The van der Waals surface area contributed by atoms with Crippen LogP contribution in [0.1, 0.15) is 44.2 Å². The van der Waals surface area contributed by atoms with E-state index < -0.39 is 0 Å². The fourth-order valence-corrected chi connectivity index (χ4v) is 3.27. The lowest BCUT2D eigenvalue weighted by atomic mass is 10.00. The van der Waals surface area contributed by atoms with Gasteiger partial charge in [-0.2, -0.15) is 0 Å². The minimum absolute atomic E-state index is 0.177. The molecular weight excluding hydrogens is 303 g/mol. The van der Waals surface area contributed by atoms with Gasteiger partial charge >= 0.3 is 0 Å².